The molecule has 168 valence electrons. The first-order chi connectivity index (χ1) is 16.5. The molecule has 0 unspecified atom stereocenters. The predicted octanol–water partition coefficient (Wildman–Crippen LogP) is 5.25. The molecule has 6 rings (SSSR count). The lowest BCUT2D eigenvalue weighted by atomic mass is 9.90. The van der Waals surface area contributed by atoms with Crippen LogP contribution in [0.2, 0.25) is 5.15 Å². The fraction of sp³-hybridized carbons (Fsp3) is 0.148. The van der Waals surface area contributed by atoms with Crippen molar-refractivity contribution in [1.82, 2.24) is 4.98 Å². The Morgan fingerprint density at radius 1 is 0.853 bits per heavy atom. The molecule has 0 aliphatic carbocycles. The van der Waals surface area contributed by atoms with Crippen LogP contribution in [0, 0.1) is 12.8 Å². The van der Waals surface area contributed by atoms with Crippen molar-refractivity contribution >= 4 is 45.7 Å². The van der Waals surface area contributed by atoms with E-state index in [2.05, 4.69) is 4.98 Å². The number of fused-ring (bicyclic) bond motifs is 2. The number of halogens is 1. The first-order valence-electron chi connectivity index (χ1n) is 11.0. The third-order valence-electron chi connectivity index (χ3n) is 6.44. The van der Waals surface area contributed by atoms with Crippen LogP contribution in [0.1, 0.15) is 17.2 Å². The number of imide groups is 1. The number of carbonyl (C=O) groups excluding carboxylic acids is 2. The van der Waals surface area contributed by atoms with Crippen molar-refractivity contribution in [3.8, 4) is 0 Å². The average Bonchev–Trinajstić information content (AvgIpc) is 3.36. The Hall–Kier alpha value is -3.74. The molecule has 2 amide bonds. The maximum absolute atomic E-state index is 13.8. The van der Waals surface area contributed by atoms with Crippen molar-refractivity contribution in [2.24, 2.45) is 5.92 Å². The summed E-state index contributed by atoms with van der Waals surface area (Å²) >= 11 is 6.68. The van der Waals surface area contributed by atoms with Crippen molar-refractivity contribution < 1.29 is 14.4 Å². The predicted molar refractivity (Wildman–Crippen MR) is 130 cm³/mol. The normalized spacial score (nSPS) is 22.0. The van der Waals surface area contributed by atoms with E-state index in [1.165, 1.54) is 4.90 Å². The Morgan fingerprint density at radius 3 is 2.32 bits per heavy atom. The van der Waals surface area contributed by atoms with Gasteiger partial charge in [-0.1, -0.05) is 65.7 Å². The number of nitrogens with zero attached hydrogens (tertiary/aromatic N) is 3. The third-order valence-corrected chi connectivity index (χ3v) is 6.74. The monoisotopic (exact) mass is 469 g/mol. The van der Waals surface area contributed by atoms with Crippen LogP contribution in [0.25, 0.3) is 10.9 Å². The third kappa shape index (κ3) is 3.18. The lowest BCUT2D eigenvalue weighted by molar-refractivity contribution is -0.126. The number of carbonyl (C=O) groups is 2. The van der Waals surface area contributed by atoms with Crippen LogP contribution in [-0.4, -0.2) is 22.9 Å². The summed E-state index contributed by atoms with van der Waals surface area (Å²) in [6.07, 6.45) is -0.957. The van der Waals surface area contributed by atoms with Crippen molar-refractivity contribution in [3.63, 3.8) is 0 Å². The van der Waals surface area contributed by atoms with Gasteiger partial charge in [-0.2, -0.15) is 0 Å². The summed E-state index contributed by atoms with van der Waals surface area (Å²) in [6, 6.07) is 25.7. The number of hydrogen-bond donors (Lipinski definition) is 0. The first-order valence-corrected chi connectivity index (χ1v) is 11.4. The molecular formula is C27H20ClN3O3. The lowest BCUT2D eigenvalue weighted by Gasteiger charge is -2.29. The highest BCUT2D eigenvalue weighted by Crippen LogP contribution is 2.49. The topological polar surface area (TPSA) is 62.7 Å². The minimum Gasteiger partial charge on any atom is -0.273 e. The summed E-state index contributed by atoms with van der Waals surface area (Å²) in [4.78, 5) is 39.2. The van der Waals surface area contributed by atoms with E-state index in [-0.39, 0.29) is 17.0 Å². The smallest absolute Gasteiger partial charge is 0.266 e. The number of para-hydroxylation sites is 2. The van der Waals surface area contributed by atoms with Gasteiger partial charge >= 0.3 is 0 Å². The highest BCUT2D eigenvalue weighted by Gasteiger charge is 2.60. The molecule has 1 aromatic heterocycles. The van der Waals surface area contributed by atoms with Crippen LogP contribution in [-0.2, 0) is 14.4 Å². The number of rotatable bonds is 3. The molecule has 6 nitrogen and oxygen atoms in total. The highest BCUT2D eigenvalue weighted by atomic mass is 35.5. The van der Waals surface area contributed by atoms with Crippen molar-refractivity contribution in [3.05, 3.63) is 101 Å². The van der Waals surface area contributed by atoms with Gasteiger partial charge in [0.2, 0.25) is 5.91 Å². The number of aromatic nitrogens is 1. The summed E-state index contributed by atoms with van der Waals surface area (Å²) < 4.78 is 0. The molecular weight excluding hydrogens is 450 g/mol. The van der Waals surface area contributed by atoms with E-state index in [0.29, 0.717) is 11.3 Å². The second-order valence-electron chi connectivity index (χ2n) is 8.57. The van der Waals surface area contributed by atoms with Crippen molar-refractivity contribution in [1.29, 1.82) is 0 Å². The Labute approximate surface area is 201 Å². The van der Waals surface area contributed by atoms with Gasteiger partial charge in [0.25, 0.3) is 5.91 Å². The van der Waals surface area contributed by atoms with Crippen LogP contribution in [0.15, 0.2) is 84.9 Å². The highest BCUT2D eigenvalue weighted by molar-refractivity contribution is 6.31. The van der Waals surface area contributed by atoms with Gasteiger partial charge in [0.05, 0.1) is 22.9 Å². The fourth-order valence-electron chi connectivity index (χ4n) is 4.79. The summed E-state index contributed by atoms with van der Waals surface area (Å²) in [7, 11) is 0. The molecule has 2 fully saturated rings. The summed E-state index contributed by atoms with van der Waals surface area (Å²) in [5, 5.41) is 2.81. The Bertz CT molecular complexity index is 1420. The number of pyridine rings is 1. The second-order valence-corrected chi connectivity index (χ2v) is 8.92. The zero-order valence-electron chi connectivity index (χ0n) is 18.3. The molecule has 0 saturated carbocycles. The SMILES string of the molecule is Cc1ccc(N2C(=O)[C@H]3[C@H](ON(c4ccccc4)[C@H]3c3cc4ccccc4nc3Cl)C2=O)cc1. The van der Waals surface area contributed by atoms with Gasteiger partial charge in [0, 0.05) is 10.9 Å². The molecule has 0 N–H and O–H groups in total. The zero-order valence-corrected chi connectivity index (χ0v) is 19.0. The van der Waals surface area contributed by atoms with E-state index >= 15 is 0 Å². The molecule has 0 radical (unpaired) electrons. The second kappa shape index (κ2) is 7.94. The molecule has 0 bridgehead atoms. The van der Waals surface area contributed by atoms with Crippen molar-refractivity contribution in [2.75, 3.05) is 9.96 Å². The Kier molecular flexibility index (Phi) is 4.86. The molecule has 3 heterocycles. The zero-order chi connectivity index (χ0) is 23.4. The number of amides is 2. The van der Waals surface area contributed by atoms with Crippen LogP contribution in [0.3, 0.4) is 0 Å². The number of hydrogen-bond acceptors (Lipinski definition) is 5. The number of benzene rings is 3. The quantitative estimate of drug-likeness (QED) is 0.303. The molecule has 0 spiro atoms. The Morgan fingerprint density at radius 2 is 1.56 bits per heavy atom. The van der Waals surface area contributed by atoms with Crippen LogP contribution in [0.5, 0.6) is 0 Å². The maximum Gasteiger partial charge on any atom is 0.266 e. The molecule has 2 aliphatic rings. The van der Waals surface area contributed by atoms with E-state index in [4.69, 9.17) is 16.4 Å². The molecule has 34 heavy (non-hydrogen) atoms. The van der Waals surface area contributed by atoms with E-state index in [9.17, 15) is 9.59 Å². The molecule has 2 aliphatic heterocycles. The number of hydroxylamine groups is 1. The maximum atomic E-state index is 13.8. The summed E-state index contributed by atoms with van der Waals surface area (Å²) in [5.74, 6) is -1.46. The molecule has 7 heteroatoms. The Balaban J connectivity index is 1.49. The van der Waals surface area contributed by atoms with E-state index in [0.717, 1.165) is 22.2 Å². The van der Waals surface area contributed by atoms with Crippen LogP contribution >= 0.6 is 11.6 Å². The minimum atomic E-state index is -0.957. The first kappa shape index (κ1) is 20.8. The van der Waals surface area contributed by atoms with E-state index in [1.54, 1.807) is 17.2 Å². The fourth-order valence-corrected chi connectivity index (χ4v) is 5.05. The van der Waals surface area contributed by atoms with Gasteiger partial charge in [-0.25, -0.2) is 14.9 Å². The van der Waals surface area contributed by atoms with Gasteiger partial charge in [-0.3, -0.25) is 14.4 Å². The van der Waals surface area contributed by atoms with E-state index < -0.39 is 18.1 Å². The van der Waals surface area contributed by atoms with Crippen molar-refractivity contribution in [2.45, 2.75) is 19.1 Å². The minimum absolute atomic E-state index is 0.280. The molecule has 3 atom stereocenters. The van der Waals surface area contributed by atoms with Gasteiger partial charge in [-0.15, -0.1) is 0 Å². The van der Waals surface area contributed by atoms with E-state index in [1.807, 2.05) is 79.7 Å². The largest absolute Gasteiger partial charge is 0.273 e. The number of anilines is 2. The molecule has 2 saturated heterocycles. The average molecular weight is 470 g/mol. The number of aryl methyl sites for hydroxylation is 1. The standard InChI is InChI=1S/C27H20ClN3O3/c1-16-11-13-18(14-12-16)30-26(32)22-23(20-15-17-7-5-6-10-21(17)29-25(20)28)31(34-24(22)27(30)33)19-8-3-2-4-9-19/h2-15,22-24H,1H3/t22-,23+,24+/m1/s1. The molecule has 3 aromatic carbocycles. The lowest BCUT2D eigenvalue weighted by Crippen LogP contribution is -2.37. The van der Waals surface area contributed by atoms with Gasteiger partial charge < -0.3 is 0 Å². The van der Waals surface area contributed by atoms with Gasteiger partial charge in [0.15, 0.2) is 6.10 Å². The summed E-state index contributed by atoms with van der Waals surface area (Å²) in [6.45, 7) is 1.96. The van der Waals surface area contributed by atoms with Crippen LogP contribution < -0.4 is 9.96 Å². The van der Waals surface area contributed by atoms with Gasteiger partial charge in [0.1, 0.15) is 11.1 Å². The van der Waals surface area contributed by atoms with Gasteiger partial charge in [-0.05, 0) is 43.3 Å². The van der Waals surface area contributed by atoms with Crippen LogP contribution in [0.4, 0.5) is 11.4 Å². The summed E-state index contributed by atoms with van der Waals surface area (Å²) in [5.41, 5.74) is 3.71. The molecule has 4 aromatic rings.